The minimum Gasteiger partial charge on any atom is -0.369 e. The van der Waals surface area contributed by atoms with Crippen LogP contribution in [0.15, 0.2) is 12.4 Å². The van der Waals surface area contributed by atoms with E-state index in [2.05, 4.69) is 34.4 Å². The Balaban J connectivity index is 1.91. The highest BCUT2D eigenvalue weighted by molar-refractivity contribution is 5.41. The van der Waals surface area contributed by atoms with Gasteiger partial charge in [-0.1, -0.05) is 6.92 Å². The highest BCUT2D eigenvalue weighted by Crippen LogP contribution is 2.48. The number of nitrogens with one attached hydrogen (secondary N) is 2. The van der Waals surface area contributed by atoms with Crippen molar-refractivity contribution in [3.05, 3.63) is 12.4 Å². The van der Waals surface area contributed by atoms with Crippen LogP contribution in [-0.2, 0) is 0 Å². The van der Waals surface area contributed by atoms with E-state index in [0.29, 0.717) is 5.41 Å². The van der Waals surface area contributed by atoms with Crippen molar-refractivity contribution in [2.75, 3.05) is 23.7 Å². The average molecular weight is 220 g/mol. The second kappa shape index (κ2) is 4.68. The van der Waals surface area contributed by atoms with Crippen LogP contribution in [0.5, 0.6) is 0 Å². The molecular formula is C12H20N4. The van der Waals surface area contributed by atoms with E-state index in [-0.39, 0.29) is 0 Å². The predicted octanol–water partition coefficient (Wildman–Crippen LogP) is 2.51. The van der Waals surface area contributed by atoms with Gasteiger partial charge in [0.05, 0.1) is 12.4 Å². The van der Waals surface area contributed by atoms with E-state index in [0.717, 1.165) is 24.7 Å². The summed E-state index contributed by atoms with van der Waals surface area (Å²) in [5, 5.41) is 6.54. The first-order chi connectivity index (χ1) is 7.78. The molecule has 1 aromatic rings. The maximum absolute atomic E-state index is 4.44. The van der Waals surface area contributed by atoms with Gasteiger partial charge in [-0.05, 0) is 31.6 Å². The lowest BCUT2D eigenvalue weighted by Crippen LogP contribution is -2.15. The minimum absolute atomic E-state index is 0.538. The Bertz CT molecular complexity index is 347. The molecule has 88 valence electrons. The molecule has 2 rings (SSSR count). The molecular weight excluding hydrogens is 200 g/mol. The molecule has 1 fully saturated rings. The van der Waals surface area contributed by atoms with Crippen molar-refractivity contribution < 1.29 is 0 Å². The standard InChI is InChI=1S/C12H20N4/c1-3-12(5-6-12)9-15-11-8-13-7-10(16-11)14-4-2/h7-8H,3-6,9H2,1-2H3,(H2,14,15,16). The van der Waals surface area contributed by atoms with E-state index < -0.39 is 0 Å². The number of nitrogens with zero attached hydrogens (tertiary/aromatic N) is 2. The van der Waals surface area contributed by atoms with Crippen molar-refractivity contribution in [1.29, 1.82) is 0 Å². The van der Waals surface area contributed by atoms with Gasteiger partial charge >= 0.3 is 0 Å². The fourth-order valence-corrected chi connectivity index (χ4v) is 1.83. The zero-order valence-electron chi connectivity index (χ0n) is 10.1. The van der Waals surface area contributed by atoms with E-state index in [9.17, 15) is 0 Å². The fraction of sp³-hybridized carbons (Fsp3) is 0.667. The molecule has 0 atom stereocenters. The highest BCUT2D eigenvalue weighted by atomic mass is 15.1. The van der Waals surface area contributed by atoms with Gasteiger partial charge < -0.3 is 10.6 Å². The third kappa shape index (κ3) is 2.62. The van der Waals surface area contributed by atoms with Crippen LogP contribution in [-0.4, -0.2) is 23.1 Å². The van der Waals surface area contributed by atoms with E-state index >= 15 is 0 Å². The Labute approximate surface area is 96.9 Å². The molecule has 1 heterocycles. The molecule has 1 aromatic heterocycles. The summed E-state index contributed by atoms with van der Waals surface area (Å²) >= 11 is 0. The largest absolute Gasteiger partial charge is 0.369 e. The third-order valence-electron chi connectivity index (χ3n) is 3.34. The summed E-state index contributed by atoms with van der Waals surface area (Å²) in [7, 11) is 0. The second-order valence-corrected chi connectivity index (χ2v) is 4.53. The maximum atomic E-state index is 4.44. The van der Waals surface area contributed by atoms with Crippen LogP contribution in [0.3, 0.4) is 0 Å². The van der Waals surface area contributed by atoms with Crippen LogP contribution >= 0.6 is 0 Å². The molecule has 0 spiro atoms. The summed E-state index contributed by atoms with van der Waals surface area (Å²) in [5.74, 6) is 1.71. The van der Waals surface area contributed by atoms with Crippen LogP contribution in [0.25, 0.3) is 0 Å². The van der Waals surface area contributed by atoms with Crippen molar-refractivity contribution >= 4 is 11.6 Å². The number of hydrogen-bond donors (Lipinski definition) is 2. The molecule has 0 saturated heterocycles. The van der Waals surface area contributed by atoms with Gasteiger partial charge in [-0.25, -0.2) is 4.98 Å². The third-order valence-corrected chi connectivity index (χ3v) is 3.34. The molecule has 1 aliphatic rings. The van der Waals surface area contributed by atoms with Gasteiger partial charge in [0, 0.05) is 13.1 Å². The van der Waals surface area contributed by atoms with E-state index in [1.807, 2.05) is 0 Å². The fourth-order valence-electron chi connectivity index (χ4n) is 1.83. The summed E-state index contributed by atoms with van der Waals surface area (Å²) in [4.78, 5) is 8.61. The van der Waals surface area contributed by atoms with Crippen molar-refractivity contribution in [2.45, 2.75) is 33.1 Å². The van der Waals surface area contributed by atoms with Crippen molar-refractivity contribution in [2.24, 2.45) is 5.41 Å². The molecule has 1 saturated carbocycles. The first-order valence-corrected chi connectivity index (χ1v) is 6.08. The number of anilines is 2. The van der Waals surface area contributed by atoms with E-state index in [1.54, 1.807) is 12.4 Å². The van der Waals surface area contributed by atoms with Gasteiger partial charge in [-0.3, -0.25) is 4.98 Å². The first kappa shape index (κ1) is 11.2. The molecule has 16 heavy (non-hydrogen) atoms. The van der Waals surface area contributed by atoms with Crippen LogP contribution in [0.1, 0.15) is 33.1 Å². The van der Waals surface area contributed by atoms with Crippen molar-refractivity contribution in [3.8, 4) is 0 Å². The number of aromatic nitrogens is 2. The summed E-state index contributed by atoms with van der Waals surface area (Å²) in [6.45, 7) is 6.21. The maximum Gasteiger partial charge on any atom is 0.146 e. The van der Waals surface area contributed by atoms with Gasteiger partial charge in [0.25, 0.3) is 0 Å². The van der Waals surface area contributed by atoms with E-state index in [4.69, 9.17) is 0 Å². The number of hydrogen-bond acceptors (Lipinski definition) is 4. The zero-order valence-corrected chi connectivity index (χ0v) is 10.1. The smallest absolute Gasteiger partial charge is 0.146 e. The summed E-state index contributed by atoms with van der Waals surface area (Å²) in [6, 6.07) is 0. The quantitative estimate of drug-likeness (QED) is 0.773. The van der Waals surface area contributed by atoms with Crippen LogP contribution in [0.4, 0.5) is 11.6 Å². The van der Waals surface area contributed by atoms with Gasteiger partial charge in [-0.15, -0.1) is 0 Å². The normalized spacial score (nSPS) is 16.9. The van der Waals surface area contributed by atoms with Crippen molar-refractivity contribution in [3.63, 3.8) is 0 Å². The lowest BCUT2D eigenvalue weighted by molar-refractivity contribution is 0.520. The second-order valence-electron chi connectivity index (χ2n) is 4.53. The highest BCUT2D eigenvalue weighted by Gasteiger charge is 2.40. The molecule has 0 bridgehead atoms. The molecule has 0 unspecified atom stereocenters. The molecule has 0 radical (unpaired) electrons. The Hall–Kier alpha value is -1.32. The summed E-state index contributed by atoms with van der Waals surface area (Å²) < 4.78 is 0. The van der Waals surface area contributed by atoms with Crippen LogP contribution in [0.2, 0.25) is 0 Å². The monoisotopic (exact) mass is 220 g/mol. The number of rotatable bonds is 6. The molecule has 4 nitrogen and oxygen atoms in total. The molecule has 2 N–H and O–H groups in total. The lowest BCUT2D eigenvalue weighted by Gasteiger charge is -2.14. The first-order valence-electron chi connectivity index (χ1n) is 6.08. The Morgan fingerprint density at radius 3 is 2.44 bits per heavy atom. The summed E-state index contributed by atoms with van der Waals surface area (Å²) in [5.41, 5.74) is 0.538. The van der Waals surface area contributed by atoms with Crippen LogP contribution < -0.4 is 10.6 Å². The SMILES string of the molecule is CCNc1cncc(NCC2(CC)CC2)n1. The van der Waals surface area contributed by atoms with Crippen molar-refractivity contribution in [1.82, 2.24) is 9.97 Å². The molecule has 1 aliphatic carbocycles. The predicted molar refractivity (Wildman–Crippen MR) is 66.6 cm³/mol. The average Bonchev–Trinajstić information content (AvgIpc) is 3.08. The molecule has 0 amide bonds. The van der Waals surface area contributed by atoms with E-state index in [1.165, 1.54) is 19.3 Å². The van der Waals surface area contributed by atoms with Gasteiger partial charge in [0.1, 0.15) is 11.6 Å². The molecule has 4 heteroatoms. The summed E-state index contributed by atoms with van der Waals surface area (Å²) in [6.07, 6.45) is 7.47. The van der Waals surface area contributed by atoms with Crippen LogP contribution in [0, 0.1) is 5.41 Å². The topological polar surface area (TPSA) is 49.8 Å². The molecule has 0 aliphatic heterocycles. The Kier molecular flexibility index (Phi) is 3.27. The van der Waals surface area contributed by atoms with Gasteiger partial charge in [-0.2, -0.15) is 0 Å². The Morgan fingerprint density at radius 1 is 1.19 bits per heavy atom. The van der Waals surface area contributed by atoms with Gasteiger partial charge in [0.2, 0.25) is 0 Å². The Morgan fingerprint density at radius 2 is 1.88 bits per heavy atom. The lowest BCUT2D eigenvalue weighted by atomic mass is 10.0. The minimum atomic E-state index is 0.538. The van der Waals surface area contributed by atoms with Gasteiger partial charge in [0.15, 0.2) is 0 Å². The zero-order chi connectivity index (χ0) is 11.4. The molecule has 0 aromatic carbocycles.